The molecule has 1 unspecified atom stereocenters. The Labute approximate surface area is 203 Å². The predicted octanol–water partition coefficient (Wildman–Crippen LogP) is 3.70. The van der Waals surface area contributed by atoms with Gasteiger partial charge in [0, 0.05) is 49.7 Å². The van der Waals surface area contributed by atoms with Gasteiger partial charge in [0.15, 0.2) is 5.82 Å². The molecule has 2 aromatic carbocycles. The van der Waals surface area contributed by atoms with Gasteiger partial charge < -0.3 is 19.9 Å². The van der Waals surface area contributed by atoms with E-state index in [0.29, 0.717) is 12.5 Å². The second-order valence-corrected chi connectivity index (χ2v) is 9.65. The van der Waals surface area contributed by atoms with Crippen molar-refractivity contribution in [3.05, 3.63) is 72.4 Å². The zero-order valence-electron chi connectivity index (χ0n) is 19.7. The third kappa shape index (κ3) is 4.13. The quantitative estimate of drug-likeness (QED) is 0.394. The highest BCUT2D eigenvalue weighted by molar-refractivity contribution is 5.71. The van der Waals surface area contributed by atoms with Gasteiger partial charge in [-0.15, -0.1) is 0 Å². The number of halogens is 1. The first-order chi connectivity index (χ1) is 17.1. The van der Waals surface area contributed by atoms with Crippen LogP contribution >= 0.6 is 0 Å². The van der Waals surface area contributed by atoms with E-state index in [1.54, 1.807) is 18.5 Å². The monoisotopic (exact) mass is 472 g/mol. The fourth-order valence-electron chi connectivity index (χ4n) is 5.17. The van der Waals surface area contributed by atoms with Gasteiger partial charge in [-0.25, -0.2) is 14.1 Å². The molecular weight excluding hydrogens is 443 g/mol. The van der Waals surface area contributed by atoms with Crippen LogP contribution in [0.15, 0.2) is 61.1 Å². The Hall–Kier alpha value is -3.49. The highest BCUT2D eigenvalue weighted by Gasteiger charge is 2.26. The molecule has 0 saturated carbocycles. The number of aliphatic hydroxyl groups is 1. The van der Waals surface area contributed by atoms with Gasteiger partial charge in [-0.2, -0.15) is 5.10 Å². The minimum absolute atomic E-state index is 0.129. The van der Waals surface area contributed by atoms with Crippen LogP contribution in [0.2, 0.25) is 0 Å². The second-order valence-electron chi connectivity index (χ2n) is 9.65. The Balaban J connectivity index is 1.30. The smallest absolute Gasteiger partial charge is 0.179 e. The van der Waals surface area contributed by atoms with Gasteiger partial charge in [0.05, 0.1) is 18.0 Å². The van der Waals surface area contributed by atoms with Crippen LogP contribution in [0.1, 0.15) is 18.9 Å². The molecule has 0 spiro atoms. The third-order valence-corrected chi connectivity index (χ3v) is 7.16. The Morgan fingerprint density at radius 1 is 1.14 bits per heavy atom. The Morgan fingerprint density at radius 3 is 2.83 bits per heavy atom. The van der Waals surface area contributed by atoms with Gasteiger partial charge in [-0.1, -0.05) is 12.1 Å². The molecule has 0 amide bonds. The minimum Gasteiger partial charge on any atom is -0.395 e. The summed E-state index contributed by atoms with van der Waals surface area (Å²) in [4.78, 5) is 7.01. The normalized spacial score (nSPS) is 17.6. The summed E-state index contributed by atoms with van der Waals surface area (Å²) in [5.41, 5.74) is 6.44. The molecule has 4 heterocycles. The van der Waals surface area contributed by atoms with Crippen molar-refractivity contribution in [3.63, 3.8) is 0 Å². The maximum Gasteiger partial charge on any atom is 0.179 e. The third-order valence-electron chi connectivity index (χ3n) is 7.16. The molecule has 2 N–H and O–H groups in total. The number of fused-ring (bicyclic) bond motifs is 5. The first-order valence-electron chi connectivity index (χ1n) is 12.2. The summed E-state index contributed by atoms with van der Waals surface area (Å²) >= 11 is 0. The number of hydrogen-bond acceptors (Lipinski definition) is 5. The van der Waals surface area contributed by atoms with Gasteiger partial charge in [-0.3, -0.25) is 0 Å². The summed E-state index contributed by atoms with van der Waals surface area (Å²) in [6.45, 7) is 5.82. The standard InChI is InChI=1S/C27H29FN6O/c1-18(16-35)29-12-19-8-9-32(13-19)24-6-7-25-22(10-24)15-33-14-21(20-2-4-23(28)5-3-20)11-26(33)27-30-17-31-34(25)27/h2-7,10-11,14,17-19,29,35H,8-9,12-13,15-16H2,1H3/t18-,19?/m1/s1. The largest absolute Gasteiger partial charge is 0.395 e. The van der Waals surface area contributed by atoms with Crippen molar-refractivity contribution in [2.45, 2.75) is 25.9 Å². The number of benzene rings is 2. The van der Waals surface area contributed by atoms with Crippen molar-refractivity contribution in [1.82, 2.24) is 24.6 Å². The average Bonchev–Trinajstić information content (AvgIpc) is 3.62. The molecule has 8 heteroatoms. The SMILES string of the molecule is C[C@H](CO)NCC1CCN(c2ccc3c(c2)Cn2cc(-c4ccc(F)cc4)cc2-c2ncnn2-3)C1. The number of nitrogens with zero attached hydrogens (tertiary/aromatic N) is 5. The molecule has 6 rings (SSSR count). The van der Waals surface area contributed by atoms with Crippen LogP contribution in [0, 0.1) is 11.7 Å². The zero-order chi connectivity index (χ0) is 23.9. The van der Waals surface area contributed by atoms with Crippen LogP contribution in [0.3, 0.4) is 0 Å². The van der Waals surface area contributed by atoms with Crippen LogP contribution in [0.4, 0.5) is 10.1 Å². The summed E-state index contributed by atoms with van der Waals surface area (Å²) in [6, 6.07) is 15.4. The van der Waals surface area contributed by atoms with Crippen LogP contribution in [-0.2, 0) is 6.54 Å². The van der Waals surface area contributed by atoms with Crippen molar-refractivity contribution in [3.8, 4) is 28.3 Å². The van der Waals surface area contributed by atoms with Gasteiger partial charge in [0.2, 0.25) is 0 Å². The van der Waals surface area contributed by atoms with E-state index < -0.39 is 0 Å². The first-order valence-corrected chi connectivity index (χ1v) is 12.2. The van der Waals surface area contributed by atoms with Gasteiger partial charge in [0.1, 0.15) is 12.1 Å². The summed E-state index contributed by atoms with van der Waals surface area (Å²) in [7, 11) is 0. The van der Waals surface area contributed by atoms with Crippen molar-refractivity contribution < 1.29 is 9.50 Å². The molecule has 0 radical (unpaired) electrons. The number of hydrogen-bond donors (Lipinski definition) is 2. The average molecular weight is 473 g/mol. The van der Waals surface area contributed by atoms with E-state index in [1.165, 1.54) is 23.4 Å². The molecule has 0 bridgehead atoms. The number of anilines is 1. The molecule has 2 aromatic heterocycles. The highest BCUT2D eigenvalue weighted by atomic mass is 19.1. The molecule has 1 saturated heterocycles. The summed E-state index contributed by atoms with van der Waals surface area (Å²) < 4.78 is 17.6. The van der Waals surface area contributed by atoms with E-state index in [9.17, 15) is 9.50 Å². The molecule has 1 fully saturated rings. The Kier molecular flexibility index (Phi) is 5.62. The Bertz CT molecular complexity index is 1340. The minimum atomic E-state index is -0.237. The maximum absolute atomic E-state index is 13.4. The zero-order valence-corrected chi connectivity index (χ0v) is 19.7. The van der Waals surface area contributed by atoms with E-state index in [-0.39, 0.29) is 18.5 Å². The molecule has 35 heavy (non-hydrogen) atoms. The predicted molar refractivity (Wildman–Crippen MR) is 134 cm³/mol. The maximum atomic E-state index is 13.4. The van der Waals surface area contributed by atoms with E-state index >= 15 is 0 Å². The van der Waals surface area contributed by atoms with E-state index in [4.69, 9.17) is 0 Å². The number of rotatable bonds is 6. The van der Waals surface area contributed by atoms with Crippen LogP contribution in [0.5, 0.6) is 0 Å². The van der Waals surface area contributed by atoms with Crippen LogP contribution in [0.25, 0.3) is 28.3 Å². The van der Waals surface area contributed by atoms with E-state index in [2.05, 4.69) is 55.3 Å². The second kappa shape index (κ2) is 8.94. The lowest BCUT2D eigenvalue weighted by molar-refractivity contribution is 0.247. The van der Waals surface area contributed by atoms with E-state index in [0.717, 1.165) is 54.4 Å². The van der Waals surface area contributed by atoms with Gasteiger partial charge in [0.25, 0.3) is 0 Å². The summed E-state index contributed by atoms with van der Waals surface area (Å²) in [5, 5.41) is 17.2. The first kappa shape index (κ1) is 22.0. The molecule has 2 aliphatic heterocycles. The molecule has 4 aromatic rings. The van der Waals surface area contributed by atoms with E-state index in [1.807, 2.05) is 11.6 Å². The molecule has 180 valence electrons. The molecule has 2 atom stereocenters. The number of aliphatic hydroxyl groups excluding tert-OH is 1. The lowest BCUT2D eigenvalue weighted by Gasteiger charge is -2.21. The van der Waals surface area contributed by atoms with Crippen molar-refractivity contribution in [1.29, 1.82) is 0 Å². The molecule has 2 aliphatic rings. The highest BCUT2D eigenvalue weighted by Crippen LogP contribution is 2.35. The molecule has 0 aliphatic carbocycles. The van der Waals surface area contributed by atoms with Crippen molar-refractivity contribution >= 4 is 5.69 Å². The molecule has 7 nitrogen and oxygen atoms in total. The van der Waals surface area contributed by atoms with Crippen LogP contribution in [-0.4, -0.2) is 56.7 Å². The van der Waals surface area contributed by atoms with Crippen molar-refractivity contribution in [2.24, 2.45) is 5.92 Å². The fourth-order valence-corrected chi connectivity index (χ4v) is 5.17. The topological polar surface area (TPSA) is 71.1 Å². The van der Waals surface area contributed by atoms with Crippen LogP contribution < -0.4 is 10.2 Å². The fraction of sp³-hybridized carbons (Fsp3) is 0.333. The lowest BCUT2D eigenvalue weighted by atomic mass is 10.1. The van der Waals surface area contributed by atoms with Gasteiger partial charge >= 0.3 is 0 Å². The van der Waals surface area contributed by atoms with Gasteiger partial charge in [-0.05, 0) is 66.8 Å². The molecular formula is C27H29FN6O. The lowest BCUT2D eigenvalue weighted by Crippen LogP contribution is -2.34. The number of nitrogens with one attached hydrogen (secondary N) is 1. The summed E-state index contributed by atoms with van der Waals surface area (Å²) in [5.74, 6) is 1.13. The number of aromatic nitrogens is 4. The summed E-state index contributed by atoms with van der Waals surface area (Å²) in [6.07, 6.45) is 4.85. The van der Waals surface area contributed by atoms with Crippen molar-refractivity contribution in [2.75, 3.05) is 31.1 Å². The Morgan fingerprint density at radius 2 is 2.00 bits per heavy atom.